The molecule has 164 valence electrons. The van der Waals surface area contributed by atoms with Crippen LogP contribution in [0.5, 0.6) is 0 Å². The highest BCUT2D eigenvalue weighted by Gasteiger charge is 2.27. The maximum atomic E-state index is 12.6. The lowest BCUT2D eigenvalue weighted by molar-refractivity contribution is 0.0846. The van der Waals surface area contributed by atoms with Gasteiger partial charge >= 0.3 is 0 Å². The second-order valence-electron chi connectivity index (χ2n) is 7.21. The molecule has 3 aromatic rings. The van der Waals surface area contributed by atoms with Crippen molar-refractivity contribution in [3.05, 3.63) is 78.1 Å². The van der Waals surface area contributed by atoms with Gasteiger partial charge in [0.05, 0.1) is 10.5 Å². The van der Waals surface area contributed by atoms with Gasteiger partial charge in [0.25, 0.3) is 11.8 Å². The number of nitrogens with one attached hydrogen (secondary N) is 2. The fourth-order valence-electron chi connectivity index (χ4n) is 3.30. The van der Waals surface area contributed by atoms with Gasteiger partial charge in [-0.15, -0.1) is 0 Å². The van der Waals surface area contributed by atoms with Crippen molar-refractivity contribution in [3.8, 4) is 11.4 Å². The third-order valence-corrected chi connectivity index (χ3v) is 6.97. The van der Waals surface area contributed by atoms with Crippen molar-refractivity contribution in [2.45, 2.75) is 17.7 Å². The average molecular weight is 452 g/mol. The molecule has 1 aliphatic heterocycles. The molecule has 2 N–H and O–H groups in total. The Hall–Kier alpha value is -3.63. The van der Waals surface area contributed by atoms with Gasteiger partial charge in [0.1, 0.15) is 0 Å². The number of amides is 2. The summed E-state index contributed by atoms with van der Waals surface area (Å²) >= 11 is 0. The van der Waals surface area contributed by atoms with E-state index in [4.69, 9.17) is 0 Å². The van der Waals surface area contributed by atoms with Gasteiger partial charge in [-0.3, -0.25) is 20.4 Å². The molecule has 0 saturated carbocycles. The van der Waals surface area contributed by atoms with E-state index in [0.717, 1.165) is 18.4 Å². The molecule has 0 spiro atoms. The van der Waals surface area contributed by atoms with Crippen LogP contribution in [-0.4, -0.2) is 47.6 Å². The summed E-state index contributed by atoms with van der Waals surface area (Å²) in [6, 6.07) is 14.9. The fourth-order valence-corrected chi connectivity index (χ4v) is 4.81. The molecule has 1 fully saturated rings. The Morgan fingerprint density at radius 3 is 1.94 bits per heavy atom. The van der Waals surface area contributed by atoms with Crippen molar-refractivity contribution in [1.82, 2.24) is 25.1 Å². The Bertz CT molecular complexity index is 1210. The number of hydrogen-bond donors (Lipinski definition) is 2. The molecule has 9 nitrogen and oxygen atoms in total. The highest BCUT2D eigenvalue weighted by atomic mass is 32.2. The lowest BCUT2D eigenvalue weighted by Crippen LogP contribution is -2.41. The molecule has 2 aromatic carbocycles. The Morgan fingerprint density at radius 2 is 1.34 bits per heavy atom. The highest BCUT2D eigenvalue weighted by Crippen LogP contribution is 2.21. The van der Waals surface area contributed by atoms with Gasteiger partial charge < -0.3 is 0 Å². The first kappa shape index (κ1) is 21.6. The summed E-state index contributed by atoms with van der Waals surface area (Å²) in [5, 5.41) is 0. The first-order valence-electron chi connectivity index (χ1n) is 10.0. The summed E-state index contributed by atoms with van der Waals surface area (Å²) in [6.07, 6.45) is 4.43. The maximum Gasteiger partial charge on any atom is 0.272 e. The topological polar surface area (TPSA) is 121 Å². The Morgan fingerprint density at radius 1 is 0.781 bits per heavy atom. The van der Waals surface area contributed by atoms with E-state index in [0.29, 0.717) is 18.9 Å². The maximum absolute atomic E-state index is 12.6. The zero-order chi connectivity index (χ0) is 22.6. The Labute approximate surface area is 185 Å². The van der Waals surface area contributed by atoms with Crippen LogP contribution < -0.4 is 10.9 Å². The molecule has 0 radical (unpaired) electrons. The van der Waals surface area contributed by atoms with Gasteiger partial charge in [-0.1, -0.05) is 30.3 Å². The molecule has 1 aromatic heterocycles. The third kappa shape index (κ3) is 4.66. The second kappa shape index (κ2) is 9.25. The Kier molecular flexibility index (Phi) is 6.24. The number of rotatable bonds is 5. The zero-order valence-corrected chi connectivity index (χ0v) is 17.9. The molecule has 32 heavy (non-hydrogen) atoms. The van der Waals surface area contributed by atoms with E-state index in [2.05, 4.69) is 20.8 Å². The number of benzene rings is 2. The zero-order valence-electron chi connectivity index (χ0n) is 17.1. The van der Waals surface area contributed by atoms with Gasteiger partial charge in [-0.05, 0) is 37.1 Å². The summed E-state index contributed by atoms with van der Waals surface area (Å²) in [6.45, 7) is 1.01. The third-order valence-electron chi connectivity index (χ3n) is 5.05. The smallest absolute Gasteiger partial charge is 0.267 e. The number of hydrazine groups is 1. The van der Waals surface area contributed by atoms with E-state index in [1.165, 1.54) is 41.0 Å². The number of aromatic nitrogens is 2. The minimum Gasteiger partial charge on any atom is -0.267 e. The first-order chi connectivity index (χ1) is 15.4. The molecule has 1 saturated heterocycles. The number of nitrogens with zero attached hydrogens (tertiary/aromatic N) is 3. The highest BCUT2D eigenvalue weighted by molar-refractivity contribution is 7.89. The van der Waals surface area contributed by atoms with Crippen molar-refractivity contribution in [3.63, 3.8) is 0 Å². The molecule has 10 heteroatoms. The van der Waals surface area contributed by atoms with Crippen LogP contribution in [0.25, 0.3) is 11.4 Å². The quantitative estimate of drug-likeness (QED) is 0.573. The van der Waals surface area contributed by atoms with Crippen molar-refractivity contribution >= 4 is 21.8 Å². The van der Waals surface area contributed by atoms with Crippen LogP contribution in [0.4, 0.5) is 0 Å². The summed E-state index contributed by atoms with van der Waals surface area (Å²) in [5.41, 5.74) is 5.81. The first-order valence-corrected chi connectivity index (χ1v) is 11.5. The van der Waals surface area contributed by atoms with Gasteiger partial charge in [0, 0.05) is 36.6 Å². The lowest BCUT2D eigenvalue weighted by Gasteiger charge is -2.15. The molecule has 0 unspecified atom stereocenters. The van der Waals surface area contributed by atoms with Gasteiger partial charge in [-0.2, -0.15) is 4.31 Å². The van der Waals surface area contributed by atoms with E-state index in [1.807, 2.05) is 30.3 Å². The van der Waals surface area contributed by atoms with E-state index in [9.17, 15) is 18.0 Å². The molecule has 4 rings (SSSR count). The monoisotopic (exact) mass is 451 g/mol. The normalized spacial score (nSPS) is 14.1. The molecule has 1 aliphatic rings. The molecule has 0 atom stereocenters. The van der Waals surface area contributed by atoms with Crippen molar-refractivity contribution in [1.29, 1.82) is 0 Å². The fraction of sp³-hybridized carbons (Fsp3) is 0.182. The predicted octanol–water partition coefficient (Wildman–Crippen LogP) is 2.00. The SMILES string of the molecule is O=C(NNC(=O)c1cnc(-c2ccccc2)nc1)c1ccc(S(=O)(=O)N2CCCC2)cc1. The van der Waals surface area contributed by atoms with Gasteiger partial charge in [-0.25, -0.2) is 18.4 Å². The van der Waals surface area contributed by atoms with E-state index in [1.54, 1.807) is 0 Å². The average Bonchev–Trinajstić information content (AvgIpc) is 3.39. The van der Waals surface area contributed by atoms with Crippen LogP contribution >= 0.6 is 0 Å². The summed E-state index contributed by atoms with van der Waals surface area (Å²) in [5.74, 6) is -0.674. The second-order valence-corrected chi connectivity index (χ2v) is 9.14. The minimum absolute atomic E-state index is 0.135. The van der Waals surface area contributed by atoms with E-state index < -0.39 is 21.8 Å². The molecule has 0 aliphatic carbocycles. The van der Waals surface area contributed by atoms with Crippen LogP contribution in [0.1, 0.15) is 33.6 Å². The van der Waals surface area contributed by atoms with Gasteiger partial charge in [0.2, 0.25) is 10.0 Å². The summed E-state index contributed by atoms with van der Waals surface area (Å²) < 4.78 is 26.6. The number of carbonyl (C=O) groups is 2. The molecular formula is C22H21N5O4S. The number of hydrogen-bond acceptors (Lipinski definition) is 6. The molecular weight excluding hydrogens is 430 g/mol. The Balaban J connectivity index is 1.35. The van der Waals surface area contributed by atoms with E-state index in [-0.39, 0.29) is 16.0 Å². The van der Waals surface area contributed by atoms with Crippen molar-refractivity contribution in [2.24, 2.45) is 0 Å². The standard InChI is InChI=1S/C22H21N5O4S/c28-21(17-8-10-19(11-9-17)32(30,31)27-12-4-5-13-27)25-26-22(29)18-14-23-20(24-15-18)16-6-2-1-3-7-16/h1-3,6-11,14-15H,4-5,12-13H2,(H,25,28)(H,26,29). The summed E-state index contributed by atoms with van der Waals surface area (Å²) in [4.78, 5) is 33.1. The van der Waals surface area contributed by atoms with Crippen LogP contribution in [0.3, 0.4) is 0 Å². The van der Waals surface area contributed by atoms with Crippen molar-refractivity contribution < 1.29 is 18.0 Å². The van der Waals surface area contributed by atoms with Crippen LogP contribution in [-0.2, 0) is 10.0 Å². The molecule has 2 heterocycles. The molecule has 2 amide bonds. The summed E-state index contributed by atoms with van der Waals surface area (Å²) in [7, 11) is -3.55. The van der Waals surface area contributed by atoms with Crippen molar-refractivity contribution in [2.75, 3.05) is 13.1 Å². The number of sulfonamides is 1. The minimum atomic E-state index is -3.55. The lowest BCUT2D eigenvalue weighted by atomic mass is 10.2. The van der Waals surface area contributed by atoms with Crippen LogP contribution in [0.2, 0.25) is 0 Å². The van der Waals surface area contributed by atoms with Gasteiger partial charge in [0.15, 0.2) is 5.82 Å². The van der Waals surface area contributed by atoms with Crippen LogP contribution in [0.15, 0.2) is 71.9 Å². The van der Waals surface area contributed by atoms with Crippen LogP contribution in [0, 0.1) is 0 Å². The largest absolute Gasteiger partial charge is 0.272 e. The molecule has 0 bridgehead atoms. The predicted molar refractivity (Wildman–Crippen MR) is 117 cm³/mol. The number of carbonyl (C=O) groups excluding carboxylic acids is 2. The van der Waals surface area contributed by atoms with E-state index >= 15 is 0 Å².